The van der Waals surface area contributed by atoms with Gasteiger partial charge in [0.2, 0.25) is 0 Å². The quantitative estimate of drug-likeness (QED) is 0.249. The monoisotopic (exact) mass is 175 g/mol. The average molecular weight is 175 g/mol. The lowest BCUT2D eigenvalue weighted by Crippen LogP contribution is -2.46. The Labute approximate surface area is 67.2 Å². The van der Waals surface area contributed by atoms with Gasteiger partial charge in [-0.2, -0.15) is 0 Å². The third-order valence-electron chi connectivity index (χ3n) is 1.39. The van der Waals surface area contributed by atoms with Crippen LogP contribution >= 0.6 is 0 Å². The van der Waals surface area contributed by atoms with E-state index in [-0.39, 0.29) is 27.6 Å². The van der Waals surface area contributed by atoms with Gasteiger partial charge in [-0.1, -0.05) is 5.17 Å². The fraction of sp³-hybridized carbons (Fsp3) is 0. The summed E-state index contributed by atoms with van der Waals surface area (Å²) in [7, 11) is 0. The summed E-state index contributed by atoms with van der Waals surface area (Å²) >= 11 is 0. The second-order valence-electron chi connectivity index (χ2n) is 2.12. The molecule has 0 fully saturated rings. The van der Waals surface area contributed by atoms with Crippen LogP contribution in [0, 0.1) is 0 Å². The fourth-order valence-electron chi connectivity index (χ4n) is 0.666. The largest absolute Gasteiger partial charge is 0.490 e. The Balaban J connectivity index is 3.18. The van der Waals surface area contributed by atoms with Gasteiger partial charge in [0.1, 0.15) is 11.4 Å². The van der Waals surface area contributed by atoms with Crippen LogP contribution in [0.25, 0.3) is 0 Å². The molecule has 0 aliphatic carbocycles. The molecule has 8 heteroatoms. The Morgan fingerprint density at radius 2 is 1.42 bits per heavy atom. The third-order valence-corrected chi connectivity index (χ3v) is 1.39. The van der Waals surface area contributed by atoms with Crippen molar-refractivity contribution in [3.63, 3.8) is 0 Å². The highest BCUT2D eigenvalue weighted by Crippen LogP contribution is 2.17. The van der Waals surface area contributed by atoms with Crippen LogP contribution in [-0.4, -0.2) is 25.9 Å². The maximum absolute atomic E-state index is 8.96. The van der Waals surface area contributed by atoms with Crippen molar-refractivity contribution in [1.82, 2.24) is 10.3 Å². The summed E-state index contributed by atoms with van der Waals surface area (Å²) in [6, 6.07) is 0. The lowest BCUT2D eigenvalue weighted by atomic mass is 10.3. The van der Waals surface area contributed by atoms with E-state index in [1.54, 1.807) is 0 Å². The van der Waals surface area contributed by atoms with Crippen LogP contribution in [0.2, 0.25) is 0 Å². The predicted octanol–water partition coefficient (Wildman–Crippen LogP) is -1.93. The first-order valence-corrected chi connectivity index (χ1v) is 2.89. The van der Waals surface area contributed by atoms with Gasteiger partial charge >= 0.3 is 0 Å². The molecule has 0 saturated heterocycles. The first-order valence-electron chi connectivity index (χ1n) is 2.89. The van der Waals surface area contributed by atoms with Crippen LogP contribution in [0.3, 0.4) is 0 Å². The van der Waals surface area contributed by atoms with Gasteiger partial charge in [-0.15, -0.1) is 5.17 Å². The van der Waals surface area contributed by atoms with Gasteiger partial charge in [-0.05, 0) is 0 Å². The summed E-state index contributed by atoms with van der Waals surface area (Å²) in [6.45, 7) is 0. The van der Waals surface area contributed by atoms with E-state index in [9.17, 15) is 0 Å². The fourth-order valence-corrected chi connectivity index (χ4v) is 0.666. The summed E-state index contributed by atoms with van der Waals surface area (Å²) in [4.78, 5) is 0. The van der Waals surface area contributed by atoms with E-state index < -0.39 is 5.88 Å². The van der Waals surface area contributed by atoms with Gasteiger partial charge in [0.15, 0.2) is 5.82 Å². The number of hydrogen-bond acceptors (Lipinski definition) is 8. The molecule has 1 aliphatic heterocycles. The van der Waals surface area contributed by atoms with Crippen molar-refractivity contribution in [1.29, 1.82) is 0 Å². The van der Waals surface area contributed by atoms with Crippen LogP contribution in [-0.2, 0) is 0 Å². The Morgan fingerprint density at radius 3 is 1.92 bits per heavy atom. The summed E-state index contributed by atoms with van der Waals surface area (Å²) in [5.74, 6) is -1.16. The zero-order valence-corrected chi connectivity index (χ0v) is 5.97. The number of nitrogens with two attached hydrogens (primary N) is 3. The van der Waals surface area contributed by atoms with Crippen LogP contribution in [0.4, 0.5) is 0 Å². The zero-order valence-electron chi connectivity index (χ0n) is 5.97. The van der Waals surface area contributed by atoms with E-state index in [2.05, 4.69) is 0 Å². The SMILES string of the molecule is NC1=C(N)N(O)N(O)C(O)=C1N. The molecule has 0 aromatic rings. The molecule has 0 spiro atoms. The maximum atomic E-state index is 8.96. The molecule has 0 bridgehead atoms. The topological polar surface area (TPSA) is 145 Å². The summed E-state index contributed by atoms with van der Waals surface area (Å²) in [5, 5.41) is 26.7. The average Bonchev–Trinajstić information content (AvgIpc) is 2.08. The van der Waals surface area contributed by atoms with Gasteiger partial charge in [0.25, 0.3) is 5.88 Å². The Hall–Kier alpha value is -1.80. The normalized spacial score (nSPS) is 19.2. The standard InChI is InChI=1S/C4H9N5O3/c5-1-2(6)4(10)9(12)8(11)3(1)7/h10-12H,5-7H2. The smallest absolute Gasteiger partial charge is 0.261 e. The lowest BCUT2D eigenvalue weighted by molar-refractivity contribution is -0.346. The Morgan fingerprint density at radius 1 is 0.917 bits per heavy atom. The second-order valence-corrected chi connectivity index (χ2v) is 2.12. The van der Waals surface area contributed by atoms with Gasteiger partial charge in [-0.25, -0.2) is 0 Å². The van der Waals surface area contributed by atoms with Crippen molar-refractivity contribution >= 4 is 0 Å². The minimum absolute atomic E-state index is 0.0406. The summed E-state index contributed by atoms with van der Waals surface area (Å²) < 4.78 is 0. The number of aliphatic hydroxyl groups is 1. The molecule has 0 aromatic heterocycles. The molecule has 68 valence electrons. The van der Waals surface area contributed by atoms with Crippen LogP contribution < -0.4 is 17.2 Å². The number of aliphatic hydroxyl groups excluding tert-OH is 1. The molecule has 8 nitrogen and oxygen atoms in total. The number of hydroxylamine groups is 2. The van der Waals surface area contributed by atoms with Crippen molar-refractivity contribution in [2.24, 2.45) is 17.2 Å². The first-order chi connectivity index (χ1) is 5.46. The number of hydrogen-bond donors (Lipinski definition) is 6. The molecule has 1 rings (SSSR count). The van der Waals surface area contributed by atoms with Gasteiger partial charge in [-0.3, -0.25) is 10.4 Å². The van der Waals surface area contributed by atoms with Gasteiger partial charge in [0.05, 0.1) is 0 Å². The highest BCUT2D eigenvalue weighted by Gasteiger charge is 2.27. The number of rotatable bonds is 0. The molecule has 0 radical (unpaired) electrons. The molecule has 0 saturated carbocycles. The molecule has 0 amide bonds. The Kier molecular flexibility index (Phi) is 1.63. The van der Waals surface area contributed by atoms with Crippen molar-refractivity contribution in [2.45, 2.75) is 0 Å². The third kappa shape index (κ3) is 0.863. The lowest BCUT2D eigenvalue weighted by Gasteiger charge is -2.30. The molecular weight excluding hydrogens is 166 g/mol. The van der Waals surface area contributed by atoms with Crippen LogP contribution in [0.15, 0.2) is 23.1 Å². The van der Waals surface area contributed by atoms with Crippen molar-refractivity contribution in [2.75, 3.05) is 0 Å². The number of hydrazine groups is 1. The summed E-state index contributed by atoms with van der Waals surface area (Å²) in [6.07, 6.45) is 0. The van der Waals surface area contributed by atoms with Crippen molar-refractivity contribution in [3.05, 3.63) is 23.1 Å². The van der Waals surface area contributed by atoms with Crippen molar-refractivity contribution < 1.29 is 15.5 Å². The maximum Gasteiger partial charge on any atom is 0.261 e. The van der Waals surface area contributed by atoms with E-state index >= 15 is 0 Å². The van der Waals surface area contributed by atoms with E-state index in [4.69, 9.17) is 32.7 Å². The van der Waals surface area contributed by atoms with Crippen LogP contribution in [0.5, 0.6) is 0 Å². The highest BCUT2D eigenvalue weighted by atomic mass is 16.7. The number of nitrogens with zero attached hydrogens (tertiary/aromatic N) is 2. The Bertz CT molecular complexity index is 244. The molecular formula is C4H9N5O3. The van der Waals surface area contributed by atoms with E-state index in [0.29, 0.717) is 0 Å². The van der Waals surface area contributed by atoms with E-state index in [0.717, 1.165) is 0 Å². The summed E-state index contributed by atoms with van der Waals surface area (Å²) in [5.41, 5.74) is 15.1. The highest BCUT2D eigenvalue weighted by molar-refractivity contribution is 5.31. The minimum Gasteiger partial charge on any atom is -0.490 e. The molecule has 9 N–H and O–H groups in total. The molecule has 0 atom stereocenters. The van der Waals surface area contributed by atoms with Gasteiger partial charge in [0, 0.05) is 0 Å². The second kappa shape index (κ2) is 2.36. The van der Waals surface area contributed by atoms with E-state index in [1.807, 2.05) is 0 Å². The van der Waals surface area contributed by atoms with E-state index in [1.165, 1.54) is 0 Å². The molecule has 1 aliphatic rings. The molecule has 0 aromatic carbocycles. The minimum atomic E-state index is -0.788. The molecule has 0 unspecified atom stereocenters. The zero-order chi connectivity index (χ0) is 9.46. The molecule has 1 heterocycles. The molecule has 12 heavy (non-hydrogen) atoms. The van der Waals surface area contributed by atoms with Gasteiger partial charge < -0.3 is 22.3 Å². The predicted molar refractivity (Wildman–Crippen MR) is 36.5 cm³/mol. The first kappa shape index (κ1) is 8.30. The van der Waals surface area contributed by atoms with Crippen molar-refractivity contribution in [3.8, 4) is 0 Å². The van der Waals surface area contributed by atoms with Crippen LogP contribution in [0.1, 0.15) is 0 Å².